The van der Waals surface area contributed by atoms with Gasteiger partial charge in [0.15, 0.2) is 0 Å². The molecule has 0 unspecified atom stereocenters. The summed E-state index contributed by atoms with van der Waals surface area (Å²) in [7, 11) is 0.0506. The molecule has 3 atom stereocenters. The Morgan fingerprint density at radius 2 is 1.87 bits per heavy atom. The van der Waals surface area contributed by atoms with Crippen LogP contribution < -0.4 is 4.72 Å². The van der Waals surface area contributed by atoms with Crippen molar-refractivity contribution in [2.45, 2.75) is 57.6 Å². The van der Waals surface area contributed by atoms with Crippen molar-refractivity contribution in [3.8, 4) is 0 Å². The van der Waals surface area contributed by atoms with Gasteiger partial charge in [-0.3, -0.25) is 4.79 Å². The summed E-state index contributed by atoms with van der Waals surface area (Å²) >= 11 is 0. The highest BCUT2D eigenvalue weighted by atomic mass is 32.2. The number of carbonyl (C=O) groups is 1. The van der Waals surface area contributed by atoms with Gasteiger partial charge in [0.25, 0.3) is 0 Å². The molecule has 0 amide bonds. The van der Waals surface area contributed by atoms with Crippen LogP contribution in [0.15, 0.2) is 30.3 Å². The minimum Gasteiger partial charge on any atom is -0.469 e. The quantitative estimate of drug-likeness (QED) is 0.738. The number of ether oxygens (including phenoxy) is 2. The van der Waals surface area contributed by atoms with Crippen LogP contribution in [0, 0.1) is 0 Å². The van der Waals surface area contributed by atoms with Crippen molar-refractivity contribution in [2.24, 2.45) is 0 Å². The first-order chi connectivity index (χ1) is 10.7. The number of hydrogen-bond acceptors (Lipinski definition) is 4. The van der Waals surface area contributed by atoms with E-state index in [1.54, 1.807) is 0 Å². The fourth-order valence-corrected chi connectivity index (χ4v) is 2.70. The number of nitrogens with one attached hydrogen (secondary N) is 1. The van der Waals surface area contributed by atoms with Crippen LogP contribution in [0.5, 0.6) is 0 Å². The van der Waals surface area contributed by atoms with E-state index >= 15 is 0 Å². The van der Waals surface area contributed by atoms with Crippen molar-refractivity contribution < 1.29 is 18.5 Å². The summed E-state index contributed by atoms with van der Waals surface area (Å²) in [6.45, 7) is 7.93. The number of benzene rings is 1. The maximum Gasteiger partial charge on any atom is 0.307 e. The third-order valence-corrected chi connectivity index (χ3v) is 4.98. The number of carbonyl (C=O) groups excluding carboxylic acids is 1. The van der Waals surface area contributed by atoms with Crippen LogP contribution in [0.1, 0.15) is 39.7 Å². The standard InChI is InChI=1S/C17H27NO4S/c1-13(22-12-14-9-7-6-8-10-14)15(11-16(19)21-5)18-23(20)17(2,3)4/h6-10,13,15,18H,11-12H2,1-5H3/t13-,15-,23+/m0/s1. The summed E-state index contributed by atoms with van der Waals surface area (Å²) in [5.41, 5.74) is 1.05. The molecule has 23 heavy (non-hydrogen) atoms. The first-order valence-corrected chi connectivity index (χ1v) is 8.79. The zero-order chi connectivity index (χ0) is 17.5. The zero-order valence-electron chi connectivity index (χ0n) is 14.5. The van der Waals surface area contributed by atoms with Gasteiger partial charge in [-0.1, -0.05) is 30.3 Å². The molecule has 0 fully saturated rings. The minimum atomic E-state index is -1.29. The number of methoxy groups -OCH3 is 1. The molecule has 0 saturated carbocycles. The molecule has 5 nitrogen and oxygen atoms in total. The van der Waals surface area contributed by atoms with Crippen LogP contribution in [0.2, 0.25) is 0 Å². The van der Waals surface area contributed by atoms with Gasteiger partial charge in [0, 0.05) is 0 Å². The summed E-state index contributed by atoms with van der Waals surface area (Å²) in [4.78, 5) is 11.6. The highest BCUT2D eigenvalue weighted by Crippen LogP contribution is 2.14. The first-order valence-electron chi connectivity index (χ1n) is 7.64. The number of rotatable bonds is 8. The maximum absolute atomic E-state index is 12.3. The third-order valence-electron chi connectivity index (χ3n) is 3.35. The Morgan fingerprint density at radius 1 is 1.26 bits per heavy atom. The van der Waals surface area contributed by atoms with Crippen LogP contribution in [0.3, 0.4) is 0 Å². The maximum atomic E-state index is 12.3. The van der Waals surface area contributed by atoms with Gasteiger partial charge >= 0.3 is 5.97 Å². The first kappa shape index (κ1) is 19.8. The van der Waals surface area contributed by atoms with E-state index in [4.69, 9.17) is 9.47 Å². The summed E-state index contributed by atoms with van der Waals surface area (Å²) in [5.74, 6) is -0.358. The molecular weight excluding hydrogens is 314 g/mol. The van der Waals surface area contributed by atoms with Gasteiger partial charge < -0.3 is 9.47 Å². The zero-order valence-corrected chi connectivity index (χ0v) is 15.3. The molecule has 0 saturated heterocycles. The summed E-state index contributed by atoms with van der Waals surface area (Å²) in [6.07, 6.45) is -0.186. The van der Waals surface area contributed by atoms with Crippen LogP contribution in [-0.4, -0.2) is 34.2 Å². The van der Waals surface area contributed by atoms with Gasteiger partial charge in [-0.2, -0.15) is 0 Å². The van der Waals surface area contributed by atoms with Crippen molar-refractivity contribution in [2.75, 3.05) is 7.11 Å². The van der Waals surface area contributed by atoms with Gasteiger partial charge in [-0.05, 0) is 33.3 Å². The third kappa shape index (κ3) is 7.24. The molecule has 0 aliphatic carbocycles. The average Bonchev–Trinajstić information content (AvgIpc) is 2.51. The summed E-state index contributed by atoms with van der Waals surface area (Å²) < 4.78 is 25.5. The molecule has 1 N–H and O–H groups in total. The smallest absolute Gasteiger partial charge is 0.307 e. The van der Waals surface area contributed by atoms with Gasteiger partial charge in [-0.25, -0.2) is 8.93 Å². The average molecular weight is 341 g/mol. The highest BCUT2D eigenvalue weighted by molar-refractivity contribution is 7.84. The fourth-order valence-electron chi connectivity index (χ4n) is 1.80. The van der Waals surface area contributed by atoms with Crippen LogP contribution >= 0.6 is 0 Å². The molecule has 1 rings (SSSR count). The second-order valence-electron chi connectivity index (χ2n) is 6.39. The molecule has 1 aromatic carbocycles. The van der Waals surface area contributed by atoms with Crippen LogP contribution in [0.25, 0.3) is 0 Å². The lowest BCUT2D eigenvalue weighted by Gasteiger charge is -2.28. The van der Waals surface area contributed by atoms with Gasteiger partial charge in [0.2, 0.25) is 0 Å². The molecule has 130 valence electrons. The van der Waals surface area contributed by atoms with E-state index in [1.165, 1.54) is 7.11 Å². The van der Waals surface area contributed by atoms with Crippen molar-refractivity contribution in [3.05, 3.63) is 35.9 Å². The van der Waals surface area contributed by atoms with Gasteiger partial charge in [0.05, 0.1) is 48.0 Å². The number of esters is 1. The predicted molar refractivity (Wildman–Crippen MR) is 92.1 cm³/mol. The largest absolute Gasteiger partial charge is 0.469 e. The predicted octanol–water partition coefficient (Wildman–Crippen LogP) is 2.58. The second-order valence-corrected chi connectivity index (χ2v) is 8.39. The molecule has 0 radical (unpaired) electrons. The molecule has 0 heterocycles. The van der Waals surface area contributed by atoms with E-state index in [0.717, 1.165) is 5.56 Å². The highest BCUT2D eigenvalue weighted by Gasteiger charge is 2.28. The molecule has 0 spiro atoms. The second kappa shape index (κ2) is 9.15. The molecule has 6 heteroatoms. The van der Waals surface area contributed by atoms with E-state index in [1.807, 2.05) is 58.0 Å². The summed E-state index contributed by atoms with van der Waals surface area (Å²) in [5, 5.41) is 0. The Hall–Kier alpha value is -1.24. The normalized spacial score (nSPS) is 15.7. The van der Waals surface area contributed by atoms with Crippen molar-refractivity contribution in [1.29, 1.82) is 0 Å². The topological polar surface area (TPSA) is 64.6 Å². The van der Waals surface area contributed by atoms with Gasteiger partial charge in [-0.15, -0.1) is 0 Å². The lowest BCUT2D eigenvalue weighted by Crippen LogP contribution is -2.46. The Labute approximate surface area is 141 Å². The van der Waals surface area contributed by atoms with Crippen LogP contribution in [-0.2, 0) is 31.9 Å². The van der Waals surface area contributed by atoms with E-state index in [0.29, 0.717) is 6.61 Å². The molecule has 0 aromatic heterocycles. The Balaban J connectivity index is 2.69. The SMILES string of the molecule is COC(=O)C[C@H](N[S@](=O)C(C)(C)C)[C@H](C)OCc1ccccc1. The van der Waals surface area contributed by atoms with Crippen LogP contribution in [0.4, 0.5) is 0 Å². The lowest BCUT2D eigenvalue weighted by atomic mass is 10.1. The van der Waals surface area contributed by atoms with E-state index < -0.39 is 15.7 Å². The molecule has 0 aliphatic heterocycles. The Bertz CT molecular complexity index is 513. The van der Waals surface area contributed by atoms with Crippen molar-refractivity contribution in [1.82, 2.24) is 4.72 Å². The van der Waals surface area contributed by atoms with Gasteiger partial charge in [0.1, 0.15) is 0 Å². The molecule has 1 aromatic rings. The summed E-state index contributed by atoms with van der Waals surface area (Å²) in [6, 6.07) is 9.41. The molecule has 0 bridgehead atoms. The molecule has 0 aliphatic rings. The minimum absolute atomic E-state index is 0.105. The molecular formula is C17H27NO4S. The fraction of sp³-hybridized carbons (Fsp3) is 0.588. The Kier molecular flexibility index (Phi) is 7.88. The van der Waals surface area contributed by atoms with E-state index in [2.05, 4.69) is 4.72 Å². The van der Waals surface area contributed by atoms with E-state index in [-0.39, 0.29) is 24.5 Å². The van der Waals surface area contributed by atoms with Crippen molar-refractivity contribution in [3.63, 3.8) is 0 Å². The van der Waals surface area contributed by atoms with Crippen molar-refractivity contribution >= 4 is 17.0 Å². The Morgan fingerprint density at radius 3 is 2.39 bits per heavy atom. The lowest BCUT2D eigenvalue weighted by molar-refractivity contribution is -0.142. The number of hydrogen-bond donors (Lipinski definition) is 1. The monoisotopic (exact) mass is 341 g/mol. The van der Waals surface area contributed by atoms with E-state index in [9.17, 15) is 9.00 Å².